The van der Waals surface area contributed by atoms with E-state index >= 15 is 0 Å². The van der Waals surface area contributed by atoms with Crippen LogP contribution in [0, 0.1) is 0 Å². The second-order valence-electron chi connectivity index (χ2n) is 3.56. The quantitative estimate of drug-likeness (QED) is 0.379. The van der Waals surface area contributed by atoms with Gasteiger partial charge in [-0.05, 0) is 20.8 Å². The van der Waals surface area contributed by atoms with Crippen LogP contribution in [0.2, 0.25) is 0 Å². The number of carboxylic acid groups (broad SMARTS) is 1. The van der Waals surface area contributed by atoms with Crippen molar-refractivity contribution in [2.75, 3.05) is 6.61 Å². The Balaban J connectivity index is 6.02. The van der Waals surface area contributed by atoms with E-state index in [1.165, 1.54) is 6.92 Å². The molecular formula is C10H14O8. The minimum Gasteiger partial charge on any atom is -0.479 e. The van der Waals surface area contributed by atoms with Gasteiger partial charge in [-0.15, -0.1) is 0 Å². The van der Waals surface area contributed by atoms with Crippen LogP contribution in [0.15, 0.2) is 0 Å². The maximum absolute atomic E-state index is 11.5. The molecule has 102 valence electrons. The Morgan fingerprint density at radius 1 is 1.00 bits per heavy atom. The van der Waals surface area contributed by atoms with E-state index in [0.29, 0.717) is 13.8 Å². The van der Waals surface area contributed by atoms with Crippen LogP contribution < -0.4 is 0 Å². The van der Waals surface area contributed by atoms with Crippen molar-refractivity contribution in [2.24, 2.45) is 0 Å². The number of aliphatic hydroxyl groups is 2. The lowest BCUT2D eigenvalue weighted by Crippen LogP contribution is -2.71. The second kappa shape index (κ2) is 5.23. The monoisotopic (exact) mass is 262 g/mol. The molecule has 8 nitrogen and oxygen atoms in total. The third-order valence-corrected chi connectivity index (χ3v) is 2.42. The van der Waals surface area contributed by atoms with E-state index in [1.54, 1.807) is 0 Å². The molecule has 3 N–H and O–H groups in total. The number of aliphatic carboxylic acids is 1. The highest BCUT2D eigenvalue weighted by Crippen LogP contribution is 2.27. The van der Waals surface area contributed by atoms with Crippen molar-refractivity contribution in [1.29, 1.82) is 0 Å². The number of carbonyl (C=O) groups is 4. The third kappa shape index (κ3) is 2.12. The lowest BCUT2D eigenvalue weighted by atomic mass is 9.77. The average molecular weight is 262 g/mol. The summed E-state index contributed by atoms with van der Waals surface area (Å²) >= 11 is 0. The predicted molar refractivity (Wildman–Crippen MR) is 55.5 cm³/mol. The van der Waals surface area contributed by atoms with Gasteiger partial charge in [0.15, 0.2) is 11.6 Å². The minimum atomic E-state index is -3.59. The van der Waals surface area contributed by atoms with Gasteiger partial charge in [0.2, 0.25) is 0 Å². The molecule has 18 heavy (non-hydrogen) atoms. The average Bonchev–Trinajstić information content (AvgIpc) is 2.25. The first-order chi connectivity index (χ1) is 8.06. The number of hydrogen-bond acceptors (Lipinski definition) is 7. The summed E-state index contributed by atoms with van der Waals surface area (Å²) in [5, 5.41) is 28.4. The highest BCUT2D eigenvalue weighted by molar-refractivity contribution is 6.21. The Hall–Kier alpha value is -1.80. The highest BCUT2D eigenvalue weighted by atomic mass is 16.6. The highest BCUT2D eigenvalue weighted by Gasteiger charge is 2.67. The Morgan fingerprint density at radius 3 is 1.61 bits per heavy atom. The molecular weight excluding hydrogens is 248 g/mol. The fourth-order valence-corrected chi connectivity index (χ4v) is 1.34. The van der Waals surface area contributed by atoms with E-state index in [4.69, 9.17) is 5.11 Å². The number of carbonyl (C=O) groups excluding carboxylic acids is 3. The van der Waals surface area contributed by atoms with Gasteiger partial charge >= 0.3 is 11.9 Å². The van der Waals surface area contributed by atoms with Gasteiger partial charge < -0.3 is 20.1 Å². The molecule has 0 radical (unpaired) electrons. The van der Waals surface area contributed by atoms with Gasteiger partial charge in [0.1, 0.15) is 0 Å². The topological polar surface area (TPSA) is 138 Å². The first-order valence-electron chi connectivity index (χ1n) is 4.94. The minimum absolute atomic E-state index is 0.276. The van der Waals surface area contributed by atoms with Gasteiger partial charge in [0.05, 0.1) is 6.61 Å². The molecule has 0 fully saturated rings. The van der Waals surface area contributed by atoms with E-state index in [0.717, 1.165) is 0 Å². The van der Waals surface area contributed by atoms with E-state index in [1.807, 2.05) is 0 Å². The van der Waals surface area contributed by atoms with Gasteiger partial charge in [-0.2, -0.15) is 0 Å². The van der Waals surface area contributed by atoms with Crippen molar-refractivity contribution >= 4 is 23.5 Å². The summed E-state index contributed by atoms with van der Waals surface area (Å²) in [6, 6.07) is 0. The van der Waals surface area contributed by atoms with Crippen molar-refractivity contribution in [3.63, 3.8) is 0 Å². The van der Waals surface area contributed by atoms with Crippen LogP contribution in [-0.4, -0.2) is 56.6 Å². The van der Waals surface area contributed by atoms with E-state index < -0.39 is 34.7 Å². The smallest absolute Gasteiger partial charge is 0.350 e. The first kappa shape index (κ1) is 16.2. The Morgan fingerprint density at radius 2 is 1.39 bits per heavy atom. The van der Waals surface area contributed by atoms with Crippen molar-refractivity contribution in [3.8, 4) is 0 Å². The zero-order valence-electron chi connectivity index (χ0n) is 10.1. The van der Waals surface area contributed by atoms with Gasteiger partial charge in [0, 0.05) is 0 Å². The number of esters is 1. The summed E-state index contributed by atoms with van der Waals surface area (Å²) in [5.41, 5.74) is -7.08. The van der Waals surface area contributed by atoms with Gasteiger partial charge in [0.25, 0.3) is 11.2 Å². The van der Waals surface area contributed by atoms with Crippen LogP contribution in [0.5, 0.6) is 0 Å². The maximum atomic E-state index is 11.5. The molecule has 0 heterocycles. The van der Waals surface area contributed by atoms with E-state index in [2.05, 4.69) is 4.74 Å². The molecule has 0 rings (SSSR count). The molecule has 2 atom stereocenters. The number of rotatable bonds is 6. The summed E-state index contributed by atoms with van der Waals surface area (Å²) in [5.74, 6) is -6.81. The van der Waals surface area contributed by atoms with Crippen LogP contribution in [-0.2, 0) is 23.9 Å². The first-order valence-corrected chi connectivity index (χ1v) is 4.94. The Kier molecular flexibility index (Phi) is 4.71. The molecule has 0 bridgehead atoms. The van der Waals surface area contributed by atoms with E-state index in [-0.39, 0.29) is 6.61 Å². The SMILES string of the molecule is CCOC(=O)C(O)(C(C)=O)C(O)(C(C)=O)C(=O)O. The Labute approximate surface area is 102 Å². The number of hydrogen-bond donors (Lipinski definition) is 3. The summed E-state index contributed by atoms with van der Waals surface area (Å²) in [4.78, 5) is 45.0. The molecule has 0 aliphatic rings. The summed E-state index contributed by atoms with van der Waals surface area (Å²) in [7, 11) is 0. The summed E-state index contributed by atoms with van der Waals surface area (Å²) in [6.45, 7) is 2.35. The standard InChI is InChI=1S/C10H14O8/c1-4-18-8(15)10(17,6(3)12)9(16,5(2)11)7(13)14/h16-17H,4H2,1-3H3,(H,13,14). The van der Waals surface area contributed by atoms with Crippen LogP contribution in [0.4, 0.5) is 0 Å². The molecule has 0 spiro atoms. The summed E-state index contributed by atoms with van der Waals surface area (Å²) in [6.07, 6.45) is 0. The van der Waals surface area contributed by atoms with Crippen LogP contribution in [0.3, 0.4) is 0 Å². The van der Waals surface area contributed by atoms with Crippen molar-refractivity contribution in [1.82, 2.24) is 0 Å². The van der Waals surface area contributed by atoms with Crippen LogP contribution in [0.1, 0.15) is 20.8 Å². The van der Waals surface area contributed by atoms with Crippen LogP contribution >= 0.6 is 0 Å². The van der Waals surface area contributed by atoms with E-state index in [9.17, 15) is 29.4 Å². The van der Waals surface area contributed by atoms with Crippen molar-refractivity contribution in [3.05, 3.63) is 0 Å². The lowest BCUT2D eigenvalue weighted by molar-refractivity contribution is -0.208. The number of Topliss-reactive ketones (excluding diaryl/α,β-unsaturated/α-hetero) is 2. The molecule has 0 saturated carbocycles. The molecule has 8 heteroatoms. The Bertz CT molecular complexity index is 385. The lowest BCUT2D eigenvalue weighted by Gasteiger charge is -2.34. The molecule has 0 amide bonds. The van der Waals surface area contributed by atoms with Crippen molar-refractivity contribution in [2.45, 2.75) is 32.0 Å². The zero-order chi connectivity index (χ0) is 14.7. The molecule has 0 aromatic rings. The molecule has 0 aromatic heterocycles. The maximum Gasteiger partial charge on any atom is 0.350 e. The number of ketones is 2. The molecule has 2 unspecified atom stereocenters. The second-order valence-corrected chi connectivity index (χ2v) is 3.56. The van der Waals surface area contributed by atoms with Gasteiger partial charge in [-0.25, -0.2) is 9.59 Å². The molecule has 0 saturated heterocycles. The predicted octanol–water partition coefficient (Wildman–Crippen LogP) is -1.73. The zero-order valence-corrected chi connectivity index (χ0v) is 10.1. The number of carboxylic acids is 1. The van der Waals surface area contributed by atoms with Crippen molar-refractivity contribution < 1.29 is 39.2 Å². The molecule has 0 aromatic carbocycles. The fourth-order valence-electron chi connectivity index (χ4n) is 1.34. The normalized spacial score (nSPS) is 17.2. The van der Waals surface area contributed by atoms with Gasteiger partial charge in [-0.3, -0.25) is 9.59 Å². The molecule has 0 aliphatic heterocycles. The van der Waals surface area contributed by atoms with Gasteiger partial charge in [-0.1, -0.05) is 0 Å². The summed E-state index contributed by atoms with van der Waals surface area (Å²) < 4.78 is 4.33. The third-order valence-electron chi connectivity index (χ3n) is 2.42. The van der Waals surface area contributed by atoms with Crippen LogP contribution in [0.25, 0.3) is 0 Å². The number of ether oxygens (including phenoxy) is 1. The molecule has 0 aliphatic carbocycles. The fraction of sp³-hybridized carbons (Fsp3) is 0.600. The largest absolute Gasteiger partial charge is 0.479 e.